The summed E-state index contributed by atoms with van der Waals surface area (Å²) in [6, 6.07) is 1.47. The molecule has 0 amide bonds. The van der Waals surface area contributed by atoms with Crippen LogP contribution >= 0.6 is 0 Å². The third-order valence-corrected chi connectivity index (χ3v) is 4.02. The van der Waals surface area contributed by atoms with E-state index in [0.717, 1.165) is 29.8 Å². The monoisotopic (exact) mass is 294 g/mol. The molecule has 116 valence electrons. The number of carbonyl (C=O) groups excluding carboxylic acids is 1. The van der Waals surface area contributed by atoms with E-state index in [9.17, 15) is 4.79 Å². The van der Waals surface area contributed by atoms with E-state index < -0.39 is 0 Å². The van der Waals surface area contributed by atoms with E-state index in [0.29, 0.717) is 18.0 Å². The van der Waals surface area contributed by atoms with Crippen molar-refractivity contribution in [3.8, 4) is 11.5 Å². The summed E-state index contributed by atoms with van der Waals surface area (Å²) in [6.45, 7) is 3.18. The fraction of sp³-hybridized carbons (Fsp3) is 0.533. The van der Waals surface area contributed by atoms with Crippen molar-refractivity contribution in [3.05, 3.63) is 17.2 Å². The van der Waals surface area contributed by atoms with Gasteiger partial charge in [-0.05, 0) is 18.9 Å². The van der Waals surface area contributed by atoms with E-state index in [4.69, 9.17) is 19.9 Å². The number of hydrogen-bond acceptors (Lipinski definition) is 6. The lowest BCUT2D eigenvalue weighted by Crippen LogP contribution is -2.43. The SMILES string of the molecule is COC(=O)C(C)N1CCc2c(c(N)cc(OC)c2OC)C1. The molecule has 1 unspecified atom stereocenters. The van der Waals surface area contributed by atoms with E-state index in [1.807, 2.05) is 6.92 Å². The molecule has 6 nitrogen and oxygen atoms in total. The molecule has 1 atom stereocenters. The molecular formula is C15H22N2O4. The zero-order chi connectivity index (χ0) is 15.6. The first-order valence-corrected chi connectivity index (χ1v) is 6.87. The molecule has 0 saturated heterocycles. The number of nitrogens with two attached hydrogens (primary N) is 1. The van der Waals surface area contributed by atoms with Crippen LogP contribution in [-0.2, 0) is 22.5 Å². The fourth-order valence-corrected chi connectivity index (χ4v) is 2.77. The Balaban J connectivity index is 2.35. The van der Waals surface area contributed by atoms with Gasteiger partial charge >= 0.3 is 5.97 Å². The Kier molecular flexibility index (Phi) is 4.57. The highest BCUT2D eigenvalue weighted by Gasteiger charge is 2.29. The normalized spacial score (nSPS) is 16.0. The van der Waals surface area contributed by atoms with Gasteiger partial charge in [0, 0.05) is 30.4 Å². The molecule has 1 aromatic carbocycles. The molecule has 0 aromatic heterocycles. The third kappa shape index (κ3) is 2.76. The Labute approximate surface area is 124 Å². The molecule has 2 rings (SSSR count). The van der Waals surface area contributed by atoms with E-state index in [1.54, 1.807) is 20.3 Å². The molecule has 1 aliphatic rings. The van der Waals surface area contributed by atoms with Gasteiger partial charge in [-0.3, -0.25) is 9.69 Å². The molecule has 21 heavy (non-hydrogen) atoms. The number of hydrogen-bond donors (Lipinski definition) is 1. The maximum absolute atomic E-state index is 11.7. The van der Waals surface area contributed by atoms with Crippen LogP contribution in [0.1, 0.15) is 18.1 Å². The molecule has 0 saturated carbocycles. The summed E-state index contributed by atoms with van der Waals surface area (Å²) in [5.41, 5.74) is 8.84. The number of carbonyl (C=O) groups is 1. The number of fused-ring (bicyclic) bond motifs is 1. The van der Waals surface area contributed by atoms with Crippen molar-refractivity contribution in [1.29, 1.82) is 0 Å². The molecular weight excluding hydrogens is 272 g/mol. The molecule has 0 bridgehead atoms. The van der Waals surface area contributed by atoms with Crippen molar-refractivity contribution < 1.29 is 19.0 Å². The van der Waals surface area contributed by atoms with Crippen LogP contribution in [0.15, 0.2) is 6.07 Å². The van der Waals surface area contributed by atoms with Gasteiger partial charge in [-0.25, -0.2) is 0 Å². The molecule has 2 N–H and O–H groups in total. The lowest BCUT2D eigenvalue weighted by atomic mass is 9.95. The second kappa shape index (κ2) is 6.22. The van der Waals surface area contributed by atoms with E-state index in [2.05, 4.69) is 4.90 Å². The summed E-state index contributed by atoms with van der Waals surface area (Å²) in [5.74, 6) is 1.13. The minimum atomic E-state index is -0.296. The number of nitrogen functional groups attached to an aromatic ring is 1. The van der Waals surface area contributed by atoms with Crippen molar-refractivity contribution >= 4 is 11.7 Å². The number of ether oxygens (including phenoxy) is 3. The van der Waals surface area contributed by atoms with Crippen LogP contribution in [0, 0.1) is 0 Å². The van der Waals surface area contributed by atoms with Crippen LogP contribution < -0.4 is 15.2 Å². The smallest absolute Gasteiger partial charge is 0.322 e. The second-order valence-corrected chi connectivity index (χ2v) is 5.08. The third-order valence-electron chi connectivity index (χ3n) is 4.02. The van der Waals surface area contributed by atoms with Gasteiger partial charge < -0.3 is 19.9 Å². The van der Waals surface area contributed by atoms with Gasteiger partial charge in [-0.1, -0.05) is 0 Å². The quantitative estimate of drug-likeness (QED) is 0.664. The summed E-state index contributed by atoms with van der Waals surface area (Å²) in [4.78, 5) is 13.7. The number of methoxy groups -OCH3 is 3. The van der Waals surface area contributed by atoms with E-state index in [1.165, 1.54) is 7.11 Å². The topological polar surface area (TPSA) is 74.0 Å². The number of nitrogens with zero attached hydrogens (tertiary/aromatic N) is 1. The van der Waals surface area contributed by atoms with Crippen LogP contribution in [-0.4, -0.2) is 44.8 Å². The summed E-state index contributed by atoms with van der Waals surface area (Å²) < 4.78 is 15.6. The summed E-state index contributed by atoms with van der Waals surface area (Å²) in [7, 11) is 4.62. The lowest BCUT2D eigenvalue weighted by Gasteiger charge is -2.33. The average molecular weight is 294 g/mol. The van der Waals surface area contributed by atoms with Crippen molar-refractivity contribution in [3.63, 3.8) is 0 Å². The Morgan fingerprint density at radius 2 is 2.00 bits per heavy atom. The average Bonchev–Trinajstić information content (AvgIpc) is 2.52. The van der Waals surface area contributed by atoms with E-state index >= 15 is 0 Å². The molecule has 1 heterocycles. The molecule has 1 aliphatic heterocycles. The first kappa shape index (κ1) is 15.4. The van der Waals surface area contributed by atoms with Gasteiger partial charge in [0.15, 0.2) is 11.5 Å². The number of benzene rings is 1. The van der Waals surface area contributed by atoms with Crippen LogP contribution in [0.2, 0.25) is 0 Å². The zero-order valence-corrected chi connectivity index (χ0v) is 12.9. The molecule has 0 spiro atoms. The maximum atomic E-state index is 11.7. The molecule has 0 aliphatic carbocycles. The Morgan fingerprint density at radius 1 is 1.29 bits per heavy atom. The highest BCUT2D eigenvalue weighted by Crippen LogP contribution is 2.40. The summed E-state index contributed by atoms with van der Waals surface area (Å²) in [5, 5.41) is 0. The predicted octanol–water partition coefficient (Wildman–Crippen LogP) is 1.21. The van der Waals surface area contributed by atoms with Crippen LogP contribution in [0.4, 0.5) is 5.69 Å². The van der Waals surface area contributed by atoms with Gasteiger partial charge in [-0.2, -0.15) is 0 Å². The summed E-state index contributed by atoms with van der Waals surface area (Å²) in [6.07, 6.45) is 0.751. The second-order valence-electron chi connectivity index (χ2n) is 5.08. The zero-order valence-electron chi connectivity index (χ0n) is 12.9. The lowest BCUT2D eigenvalue weighted by molar-refractivity contribution is -0.146. The summed E-state index contributed by atoms with van der Waals surface area (Å²) >= 11 is 0. The van der Waals surface area contributed by atoms with E-state index in [-0.39, 0.29) is 12.0 Å². The molecule has 0 fully saturated rings. The van der Waals surface area contributed by atoms with Crippen molar-refractivity contribution in [2.45, 2.75) is 25.9 Å². The van der Waals surface area contributed by atoms with Crippen LogP contribution in [0.25, 0.3) is 0 Å². The number of anilines is 1. The Hall–Kier alpha value is -1.95. The Bertz CT molecular complexity index is 545. The van der Waals surface area contributed by atoms with Gasteiger partial charge in [-0.15, -0.1) is 0 Å². The maximum Gasteiger partial charge on any atom is 0.322 e. The van der Waals surface area contributed by atoms with Crippen molar-refractivity contribution in [2.75, 3.05) is 33.6 Å². The standard InChI is InChI=1S/C15H22N2O4/c1-9(15(18)21-4)17-6-5-10-11(8-17)12(16)7-13(19-2)14(10)20-3/h7,9H,5-6,8,16H2,1-4H3. The fourth-order valence-electron chi connectivity index (χ4n) is 2.77. The van der Waals surface area contributed by atoms with Crippen LogP contribution in [0.3, 0.4) is 0 Å². The van der Waals surface area contributed by atoms with Crippen molar-refractivity contribution in [1.82, 2.24) is 4.90 Å². The molecule has 0 radical (unpaired) electrons. The Morgan fingerprint density at radius 3 is 2.57 bits per heavy atom. The van der Waals surface area contributed by atoms with Gasteiger partial charge in [0.1, 0.15) is 6.04 Å². The predicted molar refractivity (Wildman–Crippen MR) is 79.6 cm³/mol. The number of esters is 1. The highest BCUT2D eigenvalue weighted by molar-refractivity contribution is 5.75. The molecule has 1 aromatic rings. The van der Waals surface area contributed by atoms with Crippen molar-refractivity contribution in [2.24, 2.45) is 0 Å². The molecule has 6 heteroatoms. The highest BCUT2D eigenvalue weighted by atomic mass is 16.5. The minimum absolute atomic E-state index is 0.238. The largest absolute Gasteiger partial charge is 0.493 e. The first-order chi connectivity index (χ1) is 10.0. The minimum Gasteiger partial charge on any atom is -0.493 e. The van der Waals surface area contributed by atoms with Crippen LogP contribution in [0.5, 0.6) is 11.5 Å². The van der Waals surface area contributed by atoms with Gasteiger partial charge in [0.05, 0.1) is 21.3 Å². The van der Waals surface area contributed by atoms with Gasteiger partial charge in [0.25, 0.3) is 0 Å². The first-order valence-electron chi connectivity index (χ1n) is 6.87. The number of rotatable bonds is 4. The van der Waals surface area contributed by atoms with Gasteiger partial charge in [0.2, 0.25) is 0 Å².